The maximum absolute atomic E-state index is 12.4. The molecule has 0 unspecified atom stereocenters. The van der Waals surface area contributed by atoms with Gasteiger partial charge in [0, 0.05) is 29.5 Å². The zero-order valence-electron chi connectivity index (χ0n) is 20.1. The van der Waals surface area contributed by atoms with Crippen molar-refractivity contribution in [2.45, 2.75) is 71.6 Å². The number of amides is 2. The molecule has 6 nitrogen and oxygen atoms in total. The summed E-state index contributed by atoms with van der Waals surface area (Å²) in [6, 6.07) is 14.9. The highest BCUT2D eigenvalue weighted by Crippen LogP contribution is 2.19. The Hall–Kier alpha value is -3.02. The summed E-state index contributed by atoms with van der Waals surface area (Å²) in [6.45, 7) is 5.13. The fraction of sp³-hybridized carbons (Fsp3) is 0.481. The molecular formula is C27H39N3O3. The lowest BCUT2D eigenvalue weighted by atomic mass is 10.2. The molecule has 0 atom stereocenters. The number of benzene rings is 2. The van der Waals surface area contributed by atoms with E-state index in [1.807, 2.05) is 48.5 Å². The van der Waals surface area contributed by atoms with Crippen LogP contribution in [0.5, 0.6) is 5.75 Å². The van der Waals surface area contributed by atoms with Crippen LogP contribution in [0.25, 0.3) is 0 Å². The van der Waals surface area contributed by atoms with E-state index in [4.69, 9.17) is 4.74 Å². The summed E-state index contributed by atoms with van der Waals surface area (Å²) in [7, 11) is 0. The van der Waals surface area contributed by atoms with E-state index in [2.05, 4.69) is 29.8 Å². The summed E-state index contributed by atoms with van der Waals surface area (Å²) in [5.74, 6) is 0.626. The molecule has 0 aromatic heterocycles. The third-order valence-electron chi connectivity index (χ3n) is 5.24. The summed E-state index contributed by atoms with van der Waals surface area (Å²) >= 11 is 0. The third-order valence-corrected chi connectivity index (χ3v) is 5.24. The number of hydrogen-bond acceptors (Lipinski definition) is 4. The second-order valence-electron chi connectivity index (χ2n) is 8.28. The van der Waals surface area contributed by atoms with Crippen LogP contribution in [0.2, 0.25) is 0 Å². The van der Waals surface area contributed by atoms with Gasteiger partial charge in [-0.2, -0.15) is 0 Å². The van der Waals surface area contributed by atoms with Crippen LogP contribution in [0.4, 0.5) is 17.1 Å². The van der Waals surface area contributed by atoms with E-state index in [9.17, 15) is 9.59 Å². The number of carbonyl (C=O) groups is 2. The predicted molar refractivity (Wildman–Crippen MR) is 137 cm³/mol. The summed E-state index contributed by atoms with van der Waals surface area (Å²) in [5, 5.41) is 8.92. The lowest BCUT2D eigenvalue weighted by Crippen LogP contribution is -2.21. The summed E-state index contributed by atoms with van der Waals surface area (Å²) in [5.41, 5.74) is 2.21. The van der Waals surface area contributed by atoms with E-state index in [1.165, 1.54) is 25.7 Å². The summed E-state index contributed by atoms with van der Waals surface area (Å²) in [6.07, 6.45) is 9.53. The van der Waals surface area contributed by atoms with E-state index < -0.39 is 0 Å². The van der Waals surface area contributed by atoms with Crippen molar-refractivity contribution in [2.75, 3.05) is 29.1 Å². The molecule has 0 radical (unpaired) electrons. The molecule has 0 aliphatic rings. The first-order chi connectivity index (χ1) is 16.1. The molecule has 0 saturated carbocycles. The average molecular weight is 454 g/mol. The zero-order chi connectivity index (χ0) is 23.7. The van der Waals surface area contributed by atoms with Crippen molar-refractivity contribution in [3.05, 3.63) is 48.5 Å². The van der Waals surface area contributed by atoms with Crippen LogP contribution in [0.15, 0.2) is 48.5 Å². The van der Waals surface area contributed by atoms with Gasteiger partial charge in [0.1, 0.15) is 5.75 Å². The van der Waals surface area contributed by atoms with E-state index in [0.717, 1.165) is 42.8 Å². The molecule has 0 bridgehead atoms. The van der Waals surface area contributed by atoms with Crippen LogP contribution in [0, 0.1) is 0 Å². The van der Waals surface area contributed by atoms with Gasteiger partial charge in [-0.05, 0) is 43.2 Å². The summed E-state index contributed by atoms with van der Waals surface area (Å²) < 4.78 is 5.81. The first-order valence-corrected chi connectivity index (χ1v) is 12.3. The van der Waals surface area contributed by atoms with Crippen LogP contribution in [-0.2, 0) is 9.59 Å². The van der Waals surface area contributed by atoms with Gasteiger partial charge < -0.3 is 20.7 Å². The Morgan fingerprint density at radius 1 is 0.727 bits per heavy atom. The fourth-order valence-electron chi connectivity index (χ4n) is 3.41. The van der Waals surface area contributed by atoms with Gasteiger partial charge in [-0.25, -0.2) is 0 Å². The normalized spacial score (nSPS) is 10.5. The second kappa shape index (κ2) is 15.7. The van der Waals surface area contributed by atoms with Gasteiger partial charge in [0.25, 0.3) is 0 Å². The van der Waals surface area contributed by atoms with E-state index in [-0.39, 0.29) is 18.4 Å². The van der Waals surface area contributed by atoms with Gasteiger partial charge >= 0.3 is 0 Å². The largest absolute Gasteiger partial charge is 0.494 e. The molecule has 33 heavy (non-hydrogen) atoms. The zero-order valence-corrected chi connectivity index (χ0v) is 20.1. The SMILES string of the molecule is CCCCCCCOc1cccc(NC(=O)CNc2cccc(NC(=O)CCCCC)c2)c1. The fourth-order valence-corrected chi connectivity index (χ4v) is 3.41. The maximum atomic E-state index is 12.4. The Balaban J connectivity index is 1.75. The highest BCUT2D eigenvalue weighted by atomic mass is 16.5. The molecule has 0 aliphatic carbocycles. The highest BCUT2D eigenvalue weighted by molar-refractivity contribution is 5.94. The Morgan fingerprint density at radius 3 is 2.15 bits per heavy atom. The number of rotatable bonds is 16. The first kappa shape index (κ1) is 26.2. The van der Waals surface area contributed by atoms with Gasteiger partial charge in [0.05, 0.1) is 13.2 Å². The molecule has 3 N–H and O–H groups in total. The smallest absolute Gasteiger partial charge is 0.243 e. The van der Waals surface area contributed by atoms with Crippen LogP contribution in [-0.4, -0.2) is 25.0 Å². The van der Waals surface area contributed by atoms with E-state index >= 15 is 0 Å². The monoisotopic (exact) mass is 453 g/mol. The molecule has 0 fully saturated rings. The average Bonchev–Trinajstić information content (AvgIpc) is 2.81. The molecule has 2 rings (SSSR count). The Kier molecular flexibility index (Phi) is 12.5. The van der Waals surface area contributed by atoms with Crippen molar-refractivity contribution in [2.24, 2.45) is 0 Å². The first-order valence-electron chi connectivity index (χ1n) is 12.3. The molecule has 2 aromatic rings. The van der Waals surface area contributed by atoms with Crippen LogP contribution >= 0.6 is 0 Å². The van der Waals surface area contributed by atoms with Crippen molar-refractivity contribution >= 4 is 28.9 Å². The van der Waals surface area contributed by atoms with Crippen molar-refractivity contribution in [3.63, 3.8) is 0 Å². The third kappa shape index (κ3) is 11.4. The molecule has 6 heteroatoms. The number of ether oxygens (including phenoxy) is 1. The molecule has 2 amide bonds. The minimum Gasteiger partial charge on any atom is -0.494 e. The second-order valence-corrected chi connectivity index (χ2v) is 8.28. The van der Waals surface area contributed by atoms with Gasteiger partial charge in [-0.1, -0.05) is 64.5 Å². The van der Waals surface area contributed by atoms with Crippen molar-refractivity contribution in [1.29, 1.82) is 0 Å². The van der Waals surface area contributed by atoms with Crippen LogP contribution < -0.4 is 20.7 Å². The van der Waals surface area contributed by atoms with Crippen molar-refractivity contribution < 1.29 is 14.3 Å². The topological polar surface area (TPSA) is 79.5 Å². The summed E-state index contributed by atoms with van der Waals surface area (Å²) in [4.78, 5) is 24.4. The molecule has 2 aromatic carbocycles. The maximum Gasteiger partial charge on any atom is 0.243 e. The molecule has 0 saturated heterocycles. The Labute approximate surface area is 198 Å². The number of carbonyl (C=O) groups excluding carboxylic acids is 2. The molecule has 180 valence electrons. The van der Waals surface area contributed by atoms with E-state index in [1.54, 1.807) is 0 Å². The number of unbranched alkanes of at least 4 members (excludes halogenated alkanes) is 6. The molecule has 0 aliphatic heterocycles. The molecular weight excluding hydrogens is 414 g/mol. The minimum absolute atomic E-state index is 0.0152. The number of hydrogen-bond donors (Lipinski definition) is 3. The molecule has 0 heterocycles. The molecule has 0 spiro atoms. The van der Waals surface area contributed by atoms with Crippen molar-refractivity contribution in [3.8, 4) is 5.75 Å². The lowest BCUT2D eigenvalue weighted by molar-refractivity contribution is -0.116. The Bertz CT molecular complexity index is 854. The minimum atomic E-state index is -0.152. The lowest BCUT2D eigenvalue weighted by Gasteiger charge is -2.11. The van der Waals surface area contributed by atoms with E-state index in [0.29, 0.717) is 18.7 Å². The quantitative estimate of drug-likeness (QED) is 0.250. The van der Waals surface area contributed by atoms with Crippen LogP contribution in [0.1, 0.15) is 71.6 Å². The van der Waals surface area contributed by atoms with Crippen LogP contribution in [0.3, 0.4) is 0 Å². The van der Waals surface area contributed by atoms with Crippen molar-refractivity contribution in [1.82, 2.24) is 0 Å². The number of nitrogens with one attached hydrogen (secondary N) is 3. The van der Waals surface area contributed by atoms with Gasteiger partial charge in [0.15, 0.2) is 0 Å². The standard InChI is InChI=1S/C27H39N3O3/c1-3-5-7-8-10-18-33-25-16-12-15-24(20-25)30-27(32)21-28-22-13-11-14-23(19-22)29-26(31)17-9-6-4-2/h11-16,19-20,28H,3-10,17-18,21H2,1-2H3,(H,29,31)(H,30,32). The number of anilines is 3. The van der Waals surface area contributed by atoms with Gasteiger partial charge in [-0.15, -0.1) is 0 Å². The van der Waals surface area contributed by atoms with Gasteiger partial charge in [0.2, 0.25) is 11.8 Å². The van der Waals surface area contributed by atoms with Gasteiger partial charge in [-0.3, -0.25) is 9.59 Å². The Morgan fingerprint density at radius 2 is 1.36 bits per heavy atom. The highest BCUT2D eigenvalue weighted by Gasteiger charge is 2.06. The predicted octanol–water partition coefficient (Wildman–Crippen LogP) is 6.61.